The average molecular weight is 165 g/mol. The number of aromatic nitrogens is 1. The molecule has 0 radical (unpaired) electrons. The zero-order valence-electron chi connectivity index (χ0n) is 6.71. The van der Waals surface area contributed by atoms with Gasteiger partial charge < -0.3 is 10.1 Å². The smallest absolute Gasteiger partial charge is 0.352 e. The van der Waals surface area contributed by atoms with Gasteiger partial charge in [0.25, 0.3) is 0 Å². The first kappa shape index (κ1) is 7.40. The Labute approximate surface area is 70.4 Å². The molecular formula is C9H11NO2. The van der Waals surface area contributed by atoms with Gasteiger partial charge in [0.05, 0.1) is 0 Å². The van der Waals surface area contributed by atoms with E-state index in [4.69, 9.17) is 5.11 Å². The van der Waals surface area contributed by atoms with E-state index in [-0.39, 0.29) is 0 Å². The molecule has 1 aliphatic rings. The van der Waals surface area contributed by atoms with E-state index in [0.717, 1.165) is 5.56 Å². The van der Waals surface area contributed by atoms with Crippen molar-refractivity contribution in [2.45, 2.75) is 25.2 Å². The van der Waals surface area contributed by atoms with Crippen LogP contribution in [0.4, 0.5) is 0 Å². The maximum Gasteiger partial charge on any atom is 0.352 e. The van der Waals surface area contributed by atoms with Crippen LogP contribution in [0.5, 0.6) is 0 Å². The molecule has 1 saturated carbocycles. The molecule has 0 amide bonds. The maximum absolute atomic E-state index is 10.5. The van der Waals surface area contributed by atoms with Crippen molar-refractivity contribution in [2.75, 3.05) is 0 Å². The summed E-state index contributed by atoms with van der Waals surface area (Å²) >= 11 is 0. The van der Waals surface area contributed by atoms with Gasteiger partial charge in [-0.2, -0.15) is 0 Å². The minimum Gasteiger partial charge on any atom is -0.477 e. The van der Waals surface area contributed by atoms with Gasteiger partial charge in [-0.15, -0.1) is 0 Å². The SMILES string of the molecule is O=C(O)c1cc(C2CCC2)c[nH]1. The molecular weight excluding hydrogens is 154 g/mol. The highest BCUT2D eigenvalue weighted by Crippen LogP contribution is 2.36. The van der Waals surface area contributed by atoms with Crippen molar-refractivity contribution in [1.82, 2.24) is 4.98 Å². The summed E-state index contributed by atoms with van der Waals surface area (Å²) < 4.78 is 0. The number of hydrogen-bond acceptors (Lipinski definition) is 1. The van der Waals surface area contributed by atoms with Gasteiger partial charge in [-0.25, -0.2) is 4.79 Å². The molecule has 64 valence electrons. The zero-order valence-corrected chi connectivity index (χ0v) is 6.71. The summed E-state index contributed by atoms with van der Waals surface area (Å²) in [6.45, 7) is 0. The van der Waals surface area contributed by atoms with Crippen molar-refractivity contribution in [3.63, 3.8) is 0 Å². The molecule has 0 saturated heterocycles. The maximum atomic E-state index is 10.5. The van der Waals surface area contributed by atoms with Crippen LogP contribution in [0, 0.1) is 0 Å². The summed E-state index contributed by atoms with van der Waals surface area (Å²) in [6.07, 6.45) is 5.50. The van der Waals surface area contributed by atoms with Gasteiger partial charge in [0.15, 0.2) is 0 Å². The van der Waals surface area contributed by atoms with E-state index in [1.807, 2.05) is 6.20 Å². The van der Waals surface area contributed by atoms with Crippen molar-refractivity contribution in [3.8, 4) is 0 Å². The number of aromatic amines is 1. The molecule has 12 heavy (non-hydrogen) atoms. The van der Waals surface area contributed by atoms with Crippen LogP contribution in [0.1, 0.15) is 41.2 Å². The lowest BCUT2D eigenvalue weighted by molar-refractivity contribution is 0.0691. The molecule has 0 bridgehead atoms. The fourth-order valence-electron chi connectivity index (χ4n) is 1.51. The predicted molar refractivity (Wildman–Crippen MR) is 44.3 cm³/mol. The fourth-order valence-corrected chi connectivity index (χ4v) is 1.51. The van der Waals surface area contributed by atoms with Crippen LogP contribution >= 0.6 is 0 Å². The average Bonchev–Trinajstić information content (AvgIpc) is 2.32. The van der Waals surface area contributed by atoms with Gasteiger partial charge >= 0.3 is 5.97 Å². The Balaban J connectivity index is 2.17. The van der Waals surface area contributed by atoms with E-state index < -0.39 is 5.97 Å². The van der Waals surface area contributed by atoms with Gasteiger partial charge in [-0.05, 0) is 30.4 Å². The Hall–Kier alpha value is -1.25. The van der Waals surface area contributed by atoms with E-state index >= 15 is 0 Å². The Morgan fingerprint density at radius 3 is 2.75 bits per heavy atom. The van der Waals surface area contributed by atoms with Gasteiger partial charge in [0.2, 0.25) is 0 Å². The quantitative estimate of drug-likeness (QED) is 0.704. The third-order valence-electron chi connectivity index (χ3n) is 2.51. The Kier molecular flexibility index (Phi) is 1.64. The van der Waals surface area contributed by atoms with E-state index in [0.29, 0.717) is 11.6 Å². The molecule has 0 unspecified atom stereocenters. The van der Waals surface area contributed by atoms with Crippen LogP contribution in [-0.4, -0.2) is 16.1 Å². The van der Waals surface area contributed by atoms with Crippen LogP contribution in [-0.2, 0) is 0 Å². The van der Waals surface area contributed by atoms with E-state index in [1.165, 1.54) is 19.3 Å². The van der Waals surface area contributed by atoms with E-state index in [9.17, 15) is 4.79 Å². The first-order chi connectivity index (χ1) is 5.77. The van der Waals surface area contributed by atoms with Crippen LogP contribution < -0.4 is 0 Å². The monoisotopic (exact) mass is 165 g/mol. The standard InChI is InChI=1S/C9H11NO2/c11-9(12)8-4-7(5-10-8)6-2-1-3-6/h4-6,10H,1-3H2,(H,11,12). The lowest BCUT2D eigenvalue weighted by Crippen LogP contribution is -2.07. The van der Waals surface area contributed by atoms with Crippen molar-refractivity contribution in [2.24, 2.45) is 0 Å². The normalized spacial score (nSPS) is 17.3. The second-order valence-corrected chi connectivity index (χ2v) is 3.28. The largest absolute Gasteiger partial charge is 0.477 e. The number of carbonyl (C=O) groups is 1. The molecule has 2 N–H and O–H groups in total. The molecule has 2 rings (SSSR count). The van der Waals surface area contributed by atoms with Gasteiger partial charge in [0.1, 0.15) is 5.69 Å². The van der Waals surface area contributed by atoms with E-state index in [2.05, 4.69) is 4.98 Å². The molecule has 0 atom stereocenters. The second kappa shape index (κ2) is 2.66. The molecule has 3 nitrogen and oxygen atoms in total. The lowest BCUT2D eigenvalue weighted by atomic mass is 9.81. The summed E-state index contributed by atoms with van der Waals surface area (Å²) in [4.78, 5) is 13.3. The van der Waals surface area contributed by atoms with Crippen molar-refractivity contribution in [3.05, 3.63) is 23.5 Å². The number of nitrogens with one attached hydrogen (secondary N) is 1. The van der Waals surface area contributed by atoms with Gasteiger partial charge in [0, 0.05) is 6.20 Å². The lowest BCUT2D eigenvalue weighted by Gasteiger charge is -2.23. The number of carboxylic acids is 1. The van der Waals surface area contributed by atoms with Crippen molar-refractivity contribution < 1.29 is 9.90 Å². The number of hydrogen-bond donors (Lipinski definition) is 2. The fraction of sp³-hybridized carbons (Fsp3) is 0.444. The Morgan fingerprint density at radius 1 is 1.58 bits per heavy atom. The molecule has 0 aromatic carbocycles. The molecule has 3 heteroatoms. The van der Waals surface area contributed by atoms with Crippen LogP contribution in [0.3, 0.4) is 0 Å². The van der Waals surface area contributed by atoms with E-state index in [1.54, 1.807) is 6.07 Å². The second-order valence-electron chi connectivity index (χ2n) is 3.28. The van der Waals surface area contributed by atoms with Crippen LogP contribution in [0.15, 0.2) is 12.3 Å². The highest BCUT2D eigenvalue weighted by molar-refractivity contribution is 5.85. The van der Waals surface area contributed by atoms with Crippen molar-refractivity contribution in [1.29, 1.82) is 0 Å². The number of H-pyrrole nitrogens is 1. The predicted octanol–water partition coefficient (Wildman–Crippen LogP) is 1.98. The molecule has 1 aromatic heterocycles. The summed E-state index contributed by atoms with van der Waals surface area (Å²) in [5.74, 6) is -0.269. The van der Waals surface area contributed by atoms with Crippen molar-refractivity contribution >= 4 is 5.97 Å². The summed E-state index contributed by atoms with van der Waals surface area (Å²) in [5, 5.41) is 8.64. The number of carboxylic acid groups (broad SMARTS) is 1. The third kappa shape index (κ3) is 1.11. The molecule has 1 aromatic rings. The molecule has 0 aliphatic heterocycles. The molecule has 1 heterocycles. The minimum atomic E-state index is -0.874. The first-order valence-corrected chi connectivity index (χ1v) is 4.19. The highest BCUT2D eigenvalue weighted by Gasteiger charge is 2.21. The summed E-state index contributed by atoms with van der Waals surface area (Å²) in [6, 6.07) is 1.74. The first-order valence-electron chi connectivity index (χ1n) is 4.19. The Morgan fingerprint density at radius 2 is 2.33 bits per heavy atom. The molecule has 1 fully saturated rings. The van der Waals surface area contributed by atoms with Crippen LogP contribution in [0.2, 0.25) is 0 Å². The van der Waals surface area contributed by atoms with Gasteiger partial charge in [-0.1, -0.05) is 6.42 Å². The molecule has 0 spiro atoms. The highest BCUT2D eigenvalue weighted by atomic mass is 16.4. The Bertz CT molecular complexity index is 299. The number of aromatic carboxylic acids is 1. The zero-order chi connectivity index (χ0) is 8.55. The van der Waals surface area contributed by atoms with Gasteiger partial charge in [-0.3, -0.25) is 0 Å². The topological polar surface area (TPSA) is 53.1 Å². The summed E-state index contributed by atoms with van der Waals surface area (Å²) in [7, 11) is 0. The molecule has 1 aliphatic carbocycles. The third-order valence-corrected chi connectivity index (χ3v) is 2.51. The minimum absolute atomic E-state index is 0.303. The number of rotatable bonds is 2. The summed E-state index contributed by atoms with van der Waals surface area (Å²) in [5.41, 5.74) is 1.45. The van der Waals surface area contributed by atoms with Crippen LogP contribution in [0.25, 0.3) is 0 Å².